The Hall–Kier alpha value is -3.06. The van der Waals surface area contributed by atoms with Crippen molar-refractivity contribution >= 4 is 35.0 Å². The Kier molecular flexibility index (Phi) is 7.63. The summed E-state index contributed by atoms with van der Waals surface area (Å²) in [6.45, 7) is 2.45. The first-order valence-electron chi connectivity index (χ1n) is 8.35. The van der Waals surface area contributed by atoms with Gasteiger partial charge in [0.1, 0.15) is 5.75 Å². The lowest BCUT2D eigenvalue weighted by Crippen LogP contribution is -2.41. The van der Waals surface area contributed by atoms with Crippen LogP contribution in [0.25, 0.3) is 0 Å². The first-order valence-corrected chi connectivity index (χ1v) is 8.73. The van der Waals surface area contributed by atoms with Crippen molar-refractivity contribution < 1.29 is 19.1 Å². The van der Waals surface area contributed by atoms with Crippen LogP contribution in [0.3, 0.4) is 0 Å². The number of amides is 3. The molecule has 0 radical (unpaired) electrons. The van der Waals surface area contributed by atoms with Crippen molar-refractivity contribution in [3.05, 3.63) is 59.1 Å². The number of hydrogen-bond acceptors (Lipinski definition) is 4. The maximum absolute atomic E-state index is 11.9. The van der Waals surface area contributed by atoms with Gasteiger partial charge in [-0.1, -0.05) is 11.6 Å². The monoisotopic (exact) mass is 389 g/mol. The van der Waals surface area contributed by atoms with E-state index < -0.39 is 11.8 Å². The zero-order valence-electron chi connectivity index (χ0n) is 14.8. The maximum Gasteiger partial charge on any atom is 0.269 e. The van der Waals surface area contributed by atoms with Crippen LogP contribution in [-0.2, 0) is 9.59 Å². The number of ether oxygens (including phenoxy) is 1. The van der Waals surface area contributed by atoms with Gasteiger partial charge in [-0.3, -0.25) is 25.2 Å². The summed E-state index contributed by atoms with van der Waals surface area (Å²) in [4.78, 5) is 35.5. The predicted octanol–water partition coefficient (Wildman–Crippen LogP) is 2.92. The van der Waals surface area contributed by atoms with Crippen molar-refractivity contribution in [2.24, 2.45) is 0 Å². The number of halogens is 1. The van der Waals surface area contributed by atoms with E-state index in [1.54, 1.807) is 36.4 Å². The standard InChI is InChI=1S/C19H20ClN3O4/c1-2-27-16-9-7-15(8-10-16)21-17(24)11-12-18(25)22-23-19(26)13-3-5-14(20)6-4-13/h3-10H,2,11-12H2,1H3,(H,21,24)(H,22,25)(H,23,26). The minimum atomic E-state index is -0.473. The molecule has 3 amide bonds. The van der Waals surface area contributed by atoms with E-state index in [0.29, 0.717) is 28.6 Å². The largest absolute Gasteiger partial charge is 0.494 e. The molecule has 2 rings (SSSR count). The molecule has 0 aromatic heterocycles. The summed E-state index contributed by atoms with van der Waals surface area (Å²) in [6, 6.07) is 13.1. The molecular weight excluding hydrogens is 370 g/mol. The van der Waals surface area contributed by atoms with E-state index in [-0.39, 0.29) is 18.7 Å². The maximum atomic E-state index is 11.9. The van der Waals surface area contributed by atoms with Gasteiger partial charge in [0, 0.05) is 29.1 Å². The Bertz CT molecular complexity index is 792. The van der Waals surface area contributed by atoms with Crippen LogP contribution in [-0.4, -0.2) is 24.3 Å². The Morgan fingerprint density at radius 1 is 0.889 bits per heavy atom. The van der Waals surface area contributed by atoms with Gasteiger partial charge in [0.15, 0.2) is 0 Å². The van der Waals surface area contributed by atoms with Gasteiger partial charge in [0.2, 0.25) is 11.8 Å². The lowest BCUT2D eigenvalue weighted by molar-refractivity contribution is -0.124. The number of hydrogen-bond donors (Lipinski definition) is 3. The summed E-state index contributed by atoms with van der Waals surface area (Å²) in [5.41, 5.74) is 5.52. The number of benzene rings is 2. The summed E-state index contributed by atoms with van der Waals surface area (Å²) in [7, 11) is 0. The second-order valence-corrected chi connectivity index (χ2v) is 5.95. The highest BCUT2D eigenvalue weighted by Gasteiger charge is 2.10. The fourth-order valence-electron chi connectivity index (χ4n) is 2.11. The van der Waals surface area contributed by atoms with Gasteiger partial charge in [-0.25, -0.2) is 0 Å². The molecule has 142 valence electrons. The minimum Gasteiger partial charge on any atom is -0.494 e. The number of hydrazine groups is 1. The fourth-order valence-corrected chi connectivity index (χ4v) is 2.24. The average molecular weight is 390 g/mol. The Balaban J connectivity index is 1.70. The first-order chi connectivity index (χ1) is 13.0. The van der Waals surface area contributed by atoms with Crippen molar-refractivity contribution in [1.29, 1.82) is 0 Å². The van der Waals surface area contributed by atoms with E-state index in [1.807, 2.05) is 6.92 Å². The van der Waals surface area contributed by atoms with Crippen molar-refractivity contribution in [3.63, 3.8) is 0 Å². The Morgan fingerprint density at radius 3 is 2.15 bits per heavy atom. The van der Waals surface area contributed by atoms with Gasteiger partial charge in [-0.2, -0.15) is 0 Å². The van der Waals surface area contributed by atoms with E-state index in [9.17, 15) is 14.4 Å². The summed E-state index contributed by atoms with van der Waals surface area (Å²) in [5.74, 6) is -0.539. The molecule has 0 saturated carbocycles. The highest BCUT2D eigenvalue weighted by molar-refractivity contribution is 6.30. The molecule has 8 heteroatoms. The van der Waals surface area contributed by atoms with E-state index >= 15 is 0 Å². The zero-order valence-corrected chi connectivity index (χ0v) is 15.5. The topological polar surface area (TPSA) is 96.5 Å². The molecule has 0 bridgehead atoms. The van der Waals surface area contributed by atoms with Crippen molar-refractivity contribution in [2.45, 2.75) is 19.8 Å². The van der Waals surface area contributed by atoms with Crippen molar-refractivity contribution in [3.8, 4) is 5.75 Å². The molecule has 0 unspecified atom stereocenters. The van der Waals surface area contributed by atoms with Crippen LogP contribution in [0.2, 0.25) is 5.02 Å². The van der Waals surface area contributed by atoms with Crippen molar-refractivity contribution in [1.82, 2.24) is 10.9 Å². The molecule has 2 aromatic carbocycles. The van der Waals surface area contributed by atoms with E-state index in [4.69, 9.17) is 16.3 Å². The normalized spacial score (nSPS) is 10.0. The zero-order chi connectivity index (χ0) is 19.6. The third kappa shape index (κ3) is 6.99. The number of anilines is 1. The van der Waals surface area contributed by atoms with Gasteiger partial charge in [-0.15, -0.1) is 0 Å². The third-order valence-electron chi connectivity index (χ3n) is 3.45. The second kappa shape index (κ2) is 10.2. The molecule has 0 aliphatic rings. The summed E-state index contributed by atoms with van der Waals surface area (Å²) < 4.78 is 5.32. The van der Waals surface area contributed by atoms with Crippen LogP contribution in [0, 0.1) is 0 Å². The smallest absolute Gasteiger partial charge is 0.269 e. The van der Waals surface area contributed by atoms with E-state index in [0.717, 1.165) is 0 Å². The van der Waals surface area contributed by atoms with Crippen LogP contribution in [0.1, 0.15) is 30.1 Å². The molecule has 7 nitrogen and oxygen atoms in total. The van der Waals surface area contributed by atoms with Crippen molar-refractivity contribution in [2.75, 3.05) is 11.9 Å². The van der Waals surface area contributed by atoms with Crippen LogP contribution in [0.4, 0.5) is 5.69 Å². The SMILES string of the molecule is CCOc1ccc(NC(=O)CCC(=O)NNC(=O)c2ccc(Cl)cc2)cc1. The number of rotatable bonds is 7. The third-order valence-corrected chi connectivity index (χ3v) is 3.70. The summed E-state index contributed by atoms with van der Waals surface area (Å²) in [5, 5.41) is 3.20. The highest BCUT2D eigenvalue weighted by Crippen LogP contribution is 2.15. The molecule has 3 N–H and O–H groups in total. The van der Waals surface area contributed by atoms with Gasteiger partial charge in [-0.05, 0) is 55.5 Å². The van der Waals surface area contributed by atoms with Crippen LogP contribution >= 0.6 is 11.6 Å². The summed E-state index contributed by atoms with van der Waals surface area (Å²) >= 11 is 5.75. The number of carbonyl (C=O) groups excluding carboxylic acids is 3. The fraction of sp³-hybridized carbons (Fsp3) is 0.211. The minimum absolute atomic E-state index is 0.0180. The number of carbonyl (C=O) groups is 3. The molecule has 2 aromatic rings. The quantitative estimate of drug-likeness (QED) is 0.634. The molecule has 0 saturated heterocycles. The van der Waals surface area contributed by atoms with Crippen LogP contribution < -0.4 is 20.9 Å². The van der Waals surface area contributed by atoms with E-state index in [1.165, 1.54) is 12.1 Å². The second-order valence-electron chi connectivity index (χ2n) is 5.51. The Labute approximate surface area is 162 Å². The van der Waals surface area contributed by atoms with Gasteiger partial charge < -0.3 is 10.1 Å². The molecule has 27 heavy (non-hydrogen) atoms. The highest BCUT2D eigenvalue weighted by atomic mass is 35.5. The summed E-state index contributed by atoms with van der Waals surface area (Å²) in [6.07, 6.45) is -0.0837. The Morgan fingerprint density at radius 2 is 1.52 bits per heavy atom. The molecule has 0 atom stereocenters. The van der Waals surface area contributed by atoms with Gasteiger partial charge in [0.05, 0.1) is 6.61 Å². The lowest BCUT2D eigenvalue weighted by Gasteiger charge is -2.08. The van der Waals surface area contributed by atoms with Gasteiger partial charge >= 0.3 is 0 Å². The lowest BCUT2D eigenvalue weighted by atomic mass is 10.2. The molecule has 0 aliphatic heterocycles. The molecule has 0 heterocycles. The van der Waals surface area contributed by atoms with Crippen LogP contribution in [0.5, 0.6) is 5.75 Å². The molecule has 0 aliphatic carbocycles. The van der Waals surface area contributed by atoms with Gasteiger partial charge in [0.25, 0.3) is 5.91 Å². The van der Waals surface area contributed by atoms with Crippen LogP contribution in [0.15, 0.2) is 48.5 Å². The average Bonchev–Trinajstić information content (AvgIpc) is 2.67. The molecule has 0 fully saturated rings. The first kappa shape index (κ1) is 20.3. The number of nitrogens with one attached hydrogen (secondary N) is 3. The molecule has 0 spiro atoms. The predicted molar refractivity (Wildman–Crippen MR) is 103 cm³/mol. The van der Waals surface area contributed by atoms with E-state index in [2.05, 4.69) is 16.2 Å². The molecular formula is C19H20ClN3O4.